The number of carbonyl (C=O) groups is 1. The monoisotopic (exact) mass is 364 g/mol. The number of nitrogens with zero attached hydrogens (tertiary/aromatic N) is 1. The van der Waals surface area contributed by atoms with Gasteiger partial charge >= 0.3 is 0 Å². The molecule has 2 fully saturated rings. The van der Waals surface area contributed by atoms with E-state index in [1.54, 1.807) is 12.2 Å². The summed E-state index contributed by atoms with van der Waals surface area (Å²) in [5, 5.41) is 3.07. The lowest BCUT2D eigenvalue weighted by Crippen LogP contribution is -2.36. The Morgan fingerprint density at radius 2 is 1.96 bits per heavy atom. The minimum absolute atomic E-state index is 0.0760. The van der Waals surface area contributed by atoms with Crippen molar-refractivity contribution in [2.24, 2.45) is 5.92 Å². The van der Waals surface area contributed by atoms with Crippen LogP contribution in [-0.2, 0) is 4.79 Å². The molecule has 0 bridgehead atoms. The second-order valence-electron chi connectivity index (χ2n) is 7.81. The molecule has 1 aliphatic heterocycles. The highest BCUT2D eigenvalue weighted by Crippen LogP contribution is 2.47. The molecule has 1 saturated carbocycles. The molecule has 4 nitrogen and oxygen atoms in total. The van der Waals surface area contributed by atoms with Gasteiger partial charge in [0.1, 0.15) is 11.5 Å². The summed E-state index contributed by atoms with van der Waals surface area (Å²) in [6, 6.07) is 14.7. The Bertz CT molecular complexity index is 790. The van der Waals surface area contributed by atoms with E-state index in [4.69, 9.17) is 4.42 Å². The van der Waals surface area contributed by atoms with Crippen molar-refractivity contribution in [1.29, 1.82) is 0 Å². The molecule has 1 saturated heterocycles. The van der Waals surface area contributed by atoms with Gasteiger partial charge in [0.05, 0.1) is 6.04 Å². The average Bonchev–Trinajstić information content (AvgIpc) is 3.10. The van der Waals surface area contributed by atoms with Crippen LogP contribution in [0.1, 0.15) is 55.2 Å². The van der Waals surface area contributed by atoms with E-state index >= 15 is 0 Å². The molecule has 1 N–H and O–H groups in total. The number of nitrogens with one attached hydrogen (secondary N) is 1. The number of likely N-dealkylation sites (tertiary alicyclic amines) is 1. The second-order valence-corrected chi connectivity index (χ2v) is 7.81. The van der Waals surface area contributed by atoms with Gasteiger partial charge < -0.3 is 9.73 Å². The van der Waals surface area contributed by atoms with Crippen molar-refractivity contribution in [2.45, 2.75) is 38.1 Å². The van der Waals surface area contributed by atoms with Gasteiger partial charge in [0.25, 0.3) is 0 Å². The lowest BCUT2D eigenvalue weighted by atomic mass is 10.1. The molecule has 1 aliphatic carbocycles. The predicted molar refractivity (Wildman–Crippen MR) is 107 cm³/mol. The fraction of sp³-hybridized carbons (Fsp3) is 0.435. The largest absolute Gasteiger partial charge is 0.461 e. The predicted octanol–water partition coefficient (Wildman–Crippen LogP) is 4.37. The van der Waals surface area contributed by atoms with E-state index in [-0.39, 0.29) is 11.9 Å². The summed E-state index contributed by atoms with van der Waals surface area (Å²) in [7, 11) is 0. The minimum atomic E-state index is -0.0760. The molecule has 3 atom stereocenters. The fourth-order valence-electron chi connectivity index (χ4n) is 3.98. The van der Waals surface area contributed by atoms with E-state index in [2.05, 4.69) is 41.4 Å². The Morgan fingerprint density at radius 3 is 2.67 bits per heavy atom. The van der Waals surface area contributed by atoms with Gasteiger partial charge in [-0.2, -0.15) is 0 Å². The number of amides is 1. The Hall–Kier alpha value is -2.33. The van der Waals surface area contributed by atoms with Crippen molar-refractivity contribution in [2.75, 3.05) is 19.6 Å². The molecule has 142 valence electrons. The van der Waals surface area contributed by atoms with Crippen molar-refractivity contribution in [3.63, 3.8) is 0 Å². The van der Waals surface area contributed by atoms with Crippen LogP contribution >= 0.6 is 0 Å². The molecule has 4 rings (SSSR count). The van der Waals surface area contributed by atoms with E-state index in [1.807, 2.05) is 18.2 Å². The first kappa shape index (κ1) is 18.1. The molecule has 27 heavy (non-hydrogen) atoms. The number of carbonyl (C=O) groups excluding carboxylic acids is 1. The lowest BCUT2D eigenvalue weighted by molar-refractivity contribution is -0.116. The van der Waals surface area contributed by atoms with Crippen molar-refractivity contribution < 1.29 is 9.21 Å². The smallest absolute Gasteiger partial charge is 0.244 e. The zero-order chi connectivity index (χ0) is 18.6. The summed E-state index contributed by atoms with van der Waals surface area (Å²) >= 11 is 0. The highest BCUT2D eigenvalue weighted by Gasteiger charge is 2.36. The van der Waals surface area contributed by atoms with Crippen LogP contribution in [0.25, 0.3) is 6.08 Å². The van der Waals surface area contributed by atoms with Gasteiger partial charge in [-0.05, 0) is 62.0 Å². The zero-order valence-electron chi connectivity index (χ0n) is 15.9. The van der Waals surface area contributed by atoms with Crippen LogP contribution in [0.15, 0.2) is 53.0 Å². The number of furan rings is 1. The minimum Gasteiger partial charge on any atom is -0.461 e. The van der Waals surface area contributed by atoms with Crippen LogP contribution in [0, 0.1) is 5.92 Å². The molecule has 1 aromatic heterocycles. The van der Waals surface area contributed by atoms with Crippen LogP contribution in [0.4, 0.5) is 0 Å². The normalized spacial score (nSPS) is 23.6. The summed E-state index contributed by atoms with van der Waals surface area (Å²) in [6.45, 7) is 5.05. The van der Waals surface area contributed by atoms with E-state index in [1.165, 1.54) is 24.8 Å². The van der Waals surface area contributed by atoms with Gasteiger partial charge in [-0.25, -0.2) is 0 Å². The van der Waals surface area contributed by atoms with Crippen molar-refractivity contribution in [1.82, 2.24) is 10.2 Å². The molecule has 4 heteroatoms. The van der Waals surface area contributed by atoms with Crippen molar-refractivity contribution in [3.05, 3.63) is 65.6 Å². The third-order valence-corrected chi connectivity index (χ3v) is 5.76. The lowest BCUT2D eigenvalue weighted by Gasteiger charge is -2.28. The molecular weight excluding hydrogens is 336 g/mol. The maximum atomic E-state index is 12.3. The molecule has 1 amide bonds. The number of hydrogen-bond donors (Lipinski definition) is 1. The maximum Gasteiger partial charge on any atom is 0.244 e. The van der Waals surface area contributed by atoms with E-state index in [0.29, 0.717) is 12.5 Å². The third-order valence-electron chi connectivity index (χ3n) is 5.76. The third kappa shape index (κ3) is 4.51. The molecule has 0 spiro atoms. The first-order valence-electron chi connectivity index (χ1n) is 10.1. The van der Waals surface area contributed by atoms with Crippen LogP contribution in [0.3, 0.4) is 0 Å². The Labute approximate surface area is 161 Å². The van der Waals surface area contributed by atoms with Crippen LogP contribution in [0.5, 0.6) is 0 Å². The topological polar surface area (TPSA) is 45.5 Å². The standard InChI is InChI=1S/C23H28N2O2/c1-17-15-20(17)22-11-9-19(27-22)10-12-23(26)24-16-21(25-13-5-6-14-25)18-7-3-2-4-8-18/h2-4,7-12,17,20-21H,5-6,13-16H2,1H3,(H,24,26)/b12-10+. The highest BCUT2D eigenvalue weighted by atomic mass is 16.3. The van der Waals surface area contributed by atoms with Crippen LogP contribution in [0.2, 0.25) is 0 Å². The molecule has 1 aromatic carbocycles. The van der Waals surface area contributed by atoms with Gasteiger partial charge in [0, 0.05) is 18.5 Å². The van der Waals surface area contributed by atoms with Gasteiger partial charge in [-0.1, -0.05) is 37.3 Å². The van der Waals surface area contributed by atoms with Gasteiger partial charge in [0.2, 0.25) is 5.91 Å². The number of rotatable bonds is 7. The molecule has 3 unspecified atom stereocenters. The summed E-state index contributed by atoms with van der Waals surface area (Å²) < 4.78 is 5.83. The second kappa shape index (κ2) is 8.13. The first-order chi connectivity index (χ1) is 13.2. The zero-order valence-corrected chi connectivity index (χ0v) is 15.9. The Balaban J connectivity index is 1.34. The number of hydrogen-bond acceptors (Lipinski definition) is 3. The summed E-state index contributed by atoms with van der Waals surface area (Å²) in [5.74, 6) is 3.00. The SMILES string of the molecule is CC1CC1c1ccc(/C=C/C(=O)NCC(c2ccccc2)N2CCCC2)o1. The number of benzene rings is 1. The quantitative estimate of drug-likeness (QED) is 0.742. The van der Waals surface area contributed by atoms with Crippen LogP contribution < -0.4 is 5.32 Å². The van der Waals surface area contributed by atoms with E-state index < -0.39 is 0 Å². The van der Waals surface area contributed by atoms with Crippen molar-refractivity contribution >= 4 is 12.0 Å². The first-order valence-corrected chi connectivity index (χ1v) is 10.1. The summed E-state index contributed by atoms with van der Waals surface area (Å²) in [5.41, 5.74) is 1.26. The molecule has 2 heterocycles. The maximum absolute atomic E-state index is 12.3. The molecule has 2 aromatic rings. The molecule has 2 aliphatic rings. The van der Waals surface area contributed by atoms with Gasteiger partial charge in [-0.3, -0.25) is 9.69 Å². The van der Waals surface area contributed by atoms with Gasteiger partial charge in [-0.15, -0.1) is 0 Å². The Morgan fingerprint density at radius 1 is 1.22 bits per heavy atom. The highest BCUT2D eigenvalue weighted by molar-refractivity contribution is 5.91. The summed E-state index contributed by atoms with van der Waals surface area (Å²) in [6.07, 6.45) is 7.01. The van der Waals surface area contributed by atoms with Gasteiger partial charge in [0.15, 0.2) is 0 Å². The molecule has 0 radical (unpaired) electrons. The Kier molecular flexibility index (Phi) is 5.44. The van der Waals surface area contributed by atoms with Crippen LogP contribution in [-0.4, -0.2) is 30.4 Å². The summed E-state index contributed by atoms with van der Waals surface area (Å²) in [4.78, 5) is 14.8. The van der Waals surface area contributed by atoms with Crippen molar-refractivity contribution in [3.8, 4) is 0 Å². The van der Waals surface area contributed by atoms with E-state index in [9.17, 15) is 4.79 Å². The fourth-order valence-corrected chi connectivity index (χ4v) is 3.98. The molecular formula is C23H28N2O2. The van der Waals surface area contributed by atoms with E-state index in [0.717, 1.165) is 30.5 Å². The average molecular weight is 364 g/mol.